The van der Waals surface area contributed by atoms with Gasteiger partial charge in [0.2, 0.25) is 0 Å². The van der Waals surface area contributed by atoms with Gasteiger partial charge in [-0.1, -0.05) is 102 Å². The number of ether oxygens (including phenoxy) is 3. The van der Waals surface area contributed by atoms with Gasteiger partial charge in [-0.3, -0.25) is 0 Å². The molecule has 3 aromatic carbocycles. The van der Waals surface area contributed by atoms with E-state index in [1.165, 1.54) is 56.9 Å². The molecule has 1 aliphatic carbocycles. The van der Waals surface area contributed by atoms with E-state index in [9.17, 15) is 20.1 Å². The van der Waals surface area contributed by atoms with Gasteiger partial charge in [0.05, 0.1) is 33.0 Å². The highest BCUT2D eigenvalue weighted by Gasteiger charge is 2.29. The minimum absolute atomic E-state index is 0.151. The summed E-state index contributed by atoms with van der Waals surface area (Å²) in [5, 5.41) is 30.8. The van der Waals surface area contributed by atoms with Gasteiger partial charge in [0.15, 0.2) is 6.29 Å². The number of aliphatic hydroxyl groups excluding tert-OH is 3. The molecule has 8 heteroatoms. The molecule has 3 N–H and O–H groups in total. The molecule has 4 rings (SSSR count). The molecule has 0 aliphatic heterocycles. The van der Waals surface area contributed by atoms with E-state index in [-0.39, 0.29) is 38.9 Å². The van der Waals surface area contributed by atoms with E-state index in [0.29, 0.717) is 72.5 Å². The number of benzene rings is 3. The summed E-state index contributed by atoms with van der Waals surface area (Å²) < 4.78 is 34.0. The minimum atomic E-state index is -1.07. The Labute approximate surface area is 360 Å². The van der Waals surface area contributed by atoms with Crippen LogP contribution in [0.1, 0.15) is 140 Å². The second-order valence-electron chi connectivity index (χ2n) is 17.4. The van der Waals surface area contributed by atoms with Crippen molar-refractivity contribution in [2.24, 2.45) is 11.3 Å². The van der Waals surface area contributed by atoms with E-state index in [0.717, 1.165) is 41.0 Å². The zero-order chi connectivity index (χ0) is 43.5. The number of hydrogen-bond donors (Lipinski definition) is 3. The molecule has 0 saturated heterocycles. The van der Waals surface area contributed by atoms with E-state index in [1.54, 1.807) is 19.9 Å². The van der Waals surface area contributed by atoms with Crippen molar-refractivity contribution in [3.05, 3.63) is 101 Å². The van der Waals surface area contributed by atoms with Crippen molar-refractivity contribution >= 4 is 5.97 Å². The molecule has 0 amide bonds. The summed E-state index contributed by atoms with van der Waals surface area (Å²) in [6.07, 6.45) is 14.3. The quantitative estimate of drug-likeness (QED) is 0.0231. The Hall–Kier alpha value is -3.82. The molecule has 7 nitrogen and oxygen atoms in total. The molecule has 0 spiro atoms. The summed E-state index contributed by atoms with van der Waals surface area (Å²) in [5.74, 6) is 1.31. The maximum Gasteiger partial charge on any atom is 0.333 e. The molecule has 1 fully saturated rings. The van der Waals surface area contributed by atoms with Crippen molar-refractivity contribution in [3.8, 4) is 28.0 Å². The molecule has 3 aromatic rings. The zero-order valence-electron chi connectivity index (χ0n) is 37.0. The summed E-state index contributed by atoms with van der Waals surface area (Å²) in [4.78, 5) is 12.2. The van der Waals surface area contributed by atoms with Crippen molar-refractivity contribution in [1.82, 2.24) is 0 Å². The second kappa shape index (κ2) is 25.2. The van der Waals surface area contributed by atoms with Crippen molar-refractivity contribution < 1.29 is 38.7 Å². The fraction of sp³-hybridized carbons (Fsp3) is 0.558. The molecular formula is C52H73FO7. The van der Waals surface area contributed by atoms with Gasteiger partial charge in [0.1, 0.15) is 11.6 Å². The number of aliphatic hydroxyl groups is 3. The standard InChI is InChI=1S/C52H73FO7/c1-7-9-11-14-39-17-19-40(20-18-39)41-21-23-42(24-22-41)43-25-26-47(48(53)34-43)46-32-44(15-12-29-59-50(56)37(3)4)49(45(33-46)16-13-30-60-51(57)38(5)6)58-31-28-52(35-54,36-55)27-10-8-2/h21-26,32-34,39-40,50,54-56H,3,5,7-20,27-31,35-36H2,1-2,4,6H3. The average molecular weight is 829 g/mol. The Balaban J connectivity index is 1.62. The Morgan fingerprint density at radius 3 is 2.00 bits per heavy atom. The van der Waals surface area contributed by atoms with Crippen LogP contribution in [0.4, 0.5) is 4.39 Å². The largest absolute Gasteiger partial charge is 0.493 e. The molecule has 0 bridgehead atoms. The molecule has 0 aromatic heterocycles. The van der Waals surface area contributed by atoms with Gasteiger partial charge in [-0.2, -0.15) is 0 Å². The summed E-state index contributed by atoms with van der Waals surface area (Å²) in [6, 6.07) is 18.0. The van der Waals surface area contributed by atoms with Gasteiger partial charge in [0.25, 0.3) is 0 Å². The monoisotopic (exact) mass is 829 g/mol. The van der Waals surface area contributed by atoms with E-state index in [2.05, 4.69) is 51.3 Å². The normalized spacial score (nSPS) is 16.1. The number of carbonyl (C=O) groups excluding carboxylic acids is 1. The SMILES string of the molecule is C=C(C)C(=O)OCCCc1cc(-c2ccc(-c3ccc(C4CCC(CCCCC)CC4)cc3)cc2F)cc(CCCOC(O)C(=C)C)c1OCCC(CO)(CO)CCCC. The fourth-order valence-corrected chi connectivity index (χ4v) is 8.37. The van der Waals surface area contributed by atoms with Crippen LogP contribution in [-0.4, -0.2) is 60.6 Å². The van der Waals surface area contributed by atoms with Crippen LogP contribution < -0.4 is 4.74 Å². The average Bonchev–Trinajstić information content (AvgIpc) is 3.25. The maximum absolute atomic E-state index is 16.4. The van der Waals surface area contributed by atoms with Crippen LogP contribution in [0, 0.1) is 17.2 Å². The van der Waals surface area contributed by atoms with E-state index < -0.39 is 17.7 Å². The first kappa shape index (κ1) is 48.8. The summed E-state index contributed by atoms with van der Waals surface area (Å²) in [6.45, 7) is 15.5. The molecule has 60 heavy (non-hydrogen) atoms. The van der Waals surface area contributed by atoms with E-state index in [4.69, 9.17) is 14.2 Å². The van der Waals surface area contributed by atoms with Crippen LogP contribution in [-0.2, 0) is 27.1 Å². The van der Waals surface area contributed by atoms with Crippen LogP contribution in [0.3, 0.4) is 0 Å². The molecule has 0 heterocycles. The summed E-state index contributed by atoms with van der Waals surface area (Å²) in [7, 11) is 0. The van der Waals surface area contributed by atoms with Gasteiger partial charge in [0, 0.05) is 16.6 Å². The molecule has 1 atom stereocenters. The molecule has 1 unspecified atom stereocenters. The van der Waals surface area contributed by atoms with Gasteiger partial charge in [-0.05, 0) is 147 Å². The predicted octanol–water partition coefficient (Wildman–Crippen LogP) is 11.8. The third-order valence-electron chi connectivity index (χ3n) is 12.4. The first-order valence-electron chi connectivity index (χ1n) is 22.6. The van der Waals surface area contributed by atoms with Crippen LogP contribution in [0.25, 0.3) is 22.3 Å². The van der Waals surface area contributed by atoms with Crippen LogP contribution in [0.5, 0.6) is 5.75 Å². The van der Waals surface area contributed by atoms with Crippen LogP contribution in [0.15, 0.2) is 78.9 Å². The number of esters is 1. The first-order chi connectivity index (χ1) is 28.9. The van der Waals surface area contributed by atoms with Crippen molar-refractivity contribution in [3.63, 3.8) is 0 Å². The second-order valence-corrected chi connectivity index (χ2v) is 17.4. The minimum Gasteiger partial charge on any atom is -0.493 e. The lowest BCUT2D eigenvalue weighted by Crippen LogP contribution is -2.32. The zero-order valence-corrected chi connectivity index (χ0v) is 37.0. The lowest BCUT2D eigenvalue weighted by Gasteiger charge is -2.30. The third-order valence-corrected chi connectivity index (χ3v) is 12.4. The third kappa shape index (κ3) is 14.7. The molecule has 1 saturated carbocycles. The molecular weight excluding hydrogens is 756 g/mol. The lowest BCUT2D eigenvalue weighted by atomic mass is 9.77. The Bertz CT molecular complexity index is 1790. The number of aryl methyl sites for hydroxylation is 2. The number of halogens is 1. The Morgan fingerprint density at radius 1 is 0.783 bits per heavy atom. The van der Waals surface area contributed by atoms with Crippen molar-refractivity contribution in [2.75, 3.05) is 33.0 Å². The Morgan fingerprint density at radius 2 is 1.42 bits per heavy atom. The summed E-state index contributed by atoms with van der Waals surface area (Å²) >= 11 is 0. The number of hydrogen-bond acceptors (Lipinski definition) is 7. The highest BCUT2D eigenvalue weighted by atomic mass is 19.1. The molecule has 330 valence electrons. The number of rotatable bonds is 27. The van der Waals surface area contributed by atoms with Gasteiger partial charge < -0.3 is 29.5 Å². The predicted molar refractivity (Wildman–Crippen MR) is 242 cm³/mol. The molecule has 1 aliphatic rings. The number of unbranched alkanes of at least 4 members (excludes halogenated alkanes) is 3. The van der Waals surface area contributed by atoms with E-state index in [1.807, 2.05) is 24.3 Å². The summed E-state index contributed by atoms with van der Waals surface area (Å²) in [5.41, 5.74) is 6.17. The Kier molecular flexibility index (Phi) is 20.5. The van der Waals surface area contributed by atoms with Gasteiger partial charge >= 0.3 is 5.97 Å². The smallest absolute Gasteiger partial charge is 0.333 e. The highest BCUT2D eigenvalue weighted by molar-refractivity contribution is 5.86. The topological polar surface area (TPSA) is 105 Å². The van der Waals surface area contributed by atoms with Crippen molar-refractivity contribution in [2.45, 2.75) is 143 Å². The van der Waals surface area contributed by atoms with Crippen molar-refractivity contribution in [1.29, 1.82) is 0 Å². The van der Waals surface area contributed by atoms with Gasteiger partial charge in [-0.25, -0.2) is 9.18 Å². The van der Waals surface area contributed by atoms with E-state index >= 15 is 4.39 Å². The van der Waals surface area contributed by atoms with Crippen LogP contribution >= 0.6 is 0 Å². The molecule has 0 radical (unpaired) electrons. The first-order valence-corrected chi connectivity index (χ1v) is 22.6. The van der Waals surface area contributed by atoms with Crippen LogP contribution in [0.2, 0.25) is 0 Å². The maximum atomic E-state index is 16.4. The lowest BCUT2D eigenvalue weighted by molar-refractivity contribution is -0.139. The highest BCUT2D eigenvalue weighted by Crippen LogP contribution is 2.40. The van der Waals surface area contributed by atoms with Gasteiger partial charge in [-0.15, -0.1) is 0 Å². The number of carbonyl (C=O) groups is 1. The fourth-order valence-electron chi connectivity index (χ4n) is 8.37.